The van der Waals surface area contributed by atoms with Crippen LogP contribution in [0.3, 0.4) is 0 Å². The molecule has 2 N–H and O–H groups in total. The minimum atomic E-state index is -4.78. The smallest absolute Gasteiger partial charge is 0.462 e. The molecule has 3 atom stereocenters. The molecule has 0 radical (unpaired) electrons. The Kier molecular flexibility index (Phi) is 55.9. The van der Waals surface area contributed by atoms with Gasteiger partial charge in [0.25, 0.3) is 0 Å². The van der Waals surface area contributed by atoms with Gasteiger partial charge in [0.2, 0.25) is 0 Å². The van der Waals surface area contributed by atoms with Crippen LogP contribution in [0.15, 0.2) is 122 Å². The maximum atomic E-state index is 12.9. The molecule has 78 heavy (non-hydrogen) atoms. The summed E-state index contributed by atoms with van der Waals surface area (Å²) in [6.07, 6.45) is 72.9. The number of phosphoric ester groups is 1. The first kappa shape index (κ1) is 73.9. The van der Waals surface area contributed by atoms with Gasteiger partial charge in [-0.2, -0.15) is 0 Å². The van der Waals surface area contributed by atoms with Gasteiger partial charge in [-0.15, -0.1) is 0 Å². The van der Waals surface area contributed by atoms with Crippen LogP contribution in [0.2, 0.25) is 0 Å². The second-order valence-corrected chi connectivity index (χ2v) is 21.2. The third-order valence-corrected chi connectivity index (χ3v) is 13.3. The Morgan fingerprint density at radius 3 is 1.03 bits per heavy atom. The third kappa shape index (κ3) is 56.6. The number of aliphatic hydroxyl groups is 1. The Bertz CT molecular complexity index is 1770. The molecule has 0 aromatic carbocycles. The van der Waals surface area contributed by atoms with E-state index in [2.05, 4.69) is 142 Å². The molecule has 0 aromatic rings. The fourth-order valence-corrected chi connectivity index (χ4v) is 8.60. The molecule has 444 valence electrons. The van der Waals surface area contributed by atoms with Gasteiger partial charge in [0, 0.05) is 19.3 Å². The van der Waals surface area contributed by atoms with Crippen LogP contribution in [0.1, 0.15) is 239 Å². The van der Waals surface area contributed by atoms with Gasteiger partial charge < -0.3 is 24.2 Å². The lowest BCUT2D eigenvalue weighted by Crippen LogP contribution is -2.30. The SMILES string of the molecule is CC/C=C\C/C=C\C/C=C\C/C=C\C/C=C\CCCCCC(=O)OC(CO)COP(=O)(O)OCC(COC(=O)CCCCCCCCCCCCCCC)OC(=O)CCCCC/C=C\C/C=C\C/C=C\C/C=C\C/C=C\CC. The monoisotopic (exact) mass is 1110 g/mol. The number of ether oxygens (including phenoxy) is 3. The molecule has 0 aliphatic carbocycles. The Morgan fingerprint density at radius 2 is 0.667 bits per heavy atom. The first-order valence-corrected chi connectivity index (χ1v) is 31.9. The summed E-state index contributed by atoms with van der Waals surface area (Å²) in [6, 6.07) is 0. The van der Waals surface area contributed by atoms with Crippen LogP contribution in [0.4, 0.5) is 0 Å². The van der Waals surface area contributed by atoms with Gasteiger partial charge >= 0.3 is 25.7 Å². The molecule has 0 bridgehead atoms. The predicted octanol–water partition coefficient (Wildman–Crippen LogP) is 18.4. The number of carbonyl (C=O) groups excluding carboxylic acids is 3. The minimum absolute atomic E-state index is 0.121. The number of phosphoric acid groups is 1. The maximum absolute atomic E-state index is 12.9. The number of hydrogen-bond acceptors (Lipinski definition) is 10. The summed E-state index contributed by atoms with van der Waals surface area (Å²) in [4.78, 5) is 48.6. The lowest BCUT2D eigenvalue weighted by molar-refractivity contribution is -0.161. The standard InChI is InChI=1S/C66H109O11P/c1-4-7-10-13-16-19-22-25-27-29-31-33-35-38-41-44-47-50-53-56-65(69)76-62(58-67)60-74-78(71,72)75-61-63(59-73-64(68)55-52-49-46-43-40-37-24-21-18-15-12-9-6-3)77-66(70)57-54-51-48-45-42-39-36-34-32-30-28-26-23-20-17-14-11-8-5-2/h7-8,10-11,16-17,19-20,25-28,31-34,38-39,41-42,62-63,67H,4-6,9,12-15,18,21-24,29-30,35-37,40,43-61H2,1-3H3,(H,71,72)/b10-7-,11-8-,19-16-,20-17-,27-25-,28-26-,33-31-,34-32-,41-38-,42-39-. The van der Waals surface area contributed by atoms with Crippen LogP contribution in [-0.4, -0.2) is 66.5 Å². The average molecular weight is 1110 g/mol. The normalized spacial score (nSPS) is 14.2. The van der Waals surface area contributed by atoms with Crippen molar-refractivity contribution in [3.63, 3.8) is 0 Å². The van der Waals surface area contributed by atoms with E-state index in [4.69, 9.17) is 23.3 Å². The molecule has 3 unspecified atom stereocenters. The van der Waals surface area contributed by atoms with Crippen LogP contribution < -0.4 is 0 Å². The lowest BCUT2D eigenvalue weighted by atomic mass is 10.0. The molecule has 0 amide bonds. The van der Waals surface area contributed by atoms with Crippen LogP contribution in [0, 0.1) is 0 Å². The van der Waals surface area contributed by atoms with Crippen LogP contribution in [0.5, 0.6) is 0 Å². The lowest BCUT2D eigenvalue weighted by Gasteiger charge is -2.21. The third-order valence-electron chi connectivity index (χ3n) is 12.4. The average Bonchev–Trinajstić information content (AvgIpc) is 3.43. The zero-order valence-electron chi connectivity index (χ0n) is 49.1. The van der Waals surface area contributed by atoms with Crippen molar-refractivity contribution >= 4 is 25.7 Å². The van der Waals surface area contributed by atoms with E-state index in [1.54, 1.807) is 0 Å². The largest absolute Gasteiger partial charge is 0.472 e. The van der Waals surface area contributed by atoms with E-state index in [-0.39, 0.29) is 25.9 Å². The number of unbranched alkanes of at least 4 members (excludes halogenated alkanes) is 18. The fourth-order valence-electron chi connectivity index (χ4n) is 7.82. The van der Waals surface area contributed by atoms with E-state index in [0.717, 1.165) is 122 Å². The summed E-state index contributed by atoms with van der Waals surface area (Å²) in [5.41, 5.74) is 0. The van der Waals surface area contributed by atoms with Crippen molar-refractivity contribution in [3.05, 3.63) is 122 Å². The molecule has 0 saturated carbocycles. The van der Waals surface area contributed by atoms with Crippen molar-refractivity contribution in [3.8, 4) is 0 Å². The predicted molar refractivity (Wildman–Crippen MR) is 325 cm³/mol. The summed E-state index contributed by atoms with van der Waals surface area (Å²) in [5, 5.41) is 9.84. The highest BCUT2D eigenvalue weighted by atomic mass is 31.2. The molecule has 0 saturated heterocycles. The van der Waals surface area contributed by atoms with Gasteiger partial charge in [-0.3, -0.25) is 23.4 Å². The summed E-state index contributed by atoms with van der Waals surface area (Å²) in [7, 11) is -4.78. The molecule has 11 nitrogen and oxygen atoms in total. The molecule has 0 heterocycles. The Hall–Kier alpha value is -4.12. The zero-order valence-corrected chi connectivity index (χ0v) is 50.0. The first-order chi connectivity index (χ1) is 38.2. The summed E-state index contributed by atoms with van der Waals surface area (Å²) < 4.78 is 39.5. The number of aliphatic hydroxyl groups excluding tert-OH is 1. The Labute approximate surface area is 475 Å². The fraction of sp³-hybridized carbons (Fsp3) is 0.652. The molecule has 0 aromatic heterocycles. The maximum Gasteiger partial charge on any atom is 0.472 e. The number of carbonyl (C=O) groups is 3. The molecule has 0 aliphatic rings. The van der Waals surface area contributed by atoms with Crippen molar-refractivity contribution in [2.24, 2.45) is 0 Å². The zero-order chi connectivity index (χ0) is 56.9. The van der Waals surface area contributed by atoms with Crippen molar-refractivity contribution in [1.29, 1.82) is 0 Å². The van der Waals surface area contributed by atoms with Gasteiger partial charge in [0.05, 0.1) is 19.8 Å². The molecule has 0 rings (SSSR count). The second kappa shape index (κ2) is 59.0. The molecule has 0 fully saturated rings. The van der Waals surface area contributed by atoms with Crippen LogP contribution >= 0.6 is 7.82 Å². The molecule has 0 aliphatic heterocycles. The van der Waals surface area contributed by atoms with E-state index in [1.807, 2.05) is 0 Å². The van der Waals surface area contributed by atoms with E-state index in [1.165, 1.54) is 57.8 Å². The molecular formula is C66H109O11P. The summed E-state index contributed by atoms with van der Waals surface area (Å²) in [5.74, 6) is -1.54. The number of allylic oxidation sites excluding steroid dienone is 20. The van der Waals surface area contributed by atoms with E-state index in [0.29, 0.717) is 19.3 Å². The van der Waals surface area contributed by atoms with E-state index < -0.39 is 57.8 Å². The topological polar surface area (TPSA) is 155 Å². The van der Waals surface area contributed by atoms with Crippen molar-refractivity contribution in [2.75, 3.05) is 26.4 Å². The van der Waals surface area contributed by atoms with Crippen LogP contribution in [0.25, 0.3) is 0 Å². The highest BCUT2D eigenvalue weighted by Crippen LogP contribution is 2.43. The van der Waals surface area contributed by atoms with E-state index in [9.17, 15) is 28.9 Å². The van der Waals surface area contributed by atoms with Crippen LogP contribution in [-0.2, 0) is 42.2 Å². The number of esters is 3. The quantitative estimate of drug-likeness (QED) is 0.0197. The molecule has 0 spiro atoms. The number of hydrogen-bond donors (Lipinski definition) is 2. The second-order valence-electron chi connectivity index (χ2n) is 19.8. The van der Waals surface area contributed by atoms with Gasteiger partial charge in [0.15, 0.2) is 6.10 Å². The van der Waals surface area contributed by atoms with Gasteiger partial charge in [-0.05, 0) is 109 Å². The number of rotatable bonds is 55. The van der Waals surface area contributed by atoms with Gasteiger partial charge in [-0.25, -0.2) is 4.57 Å². The van der Waals surface area contributed by atoms with Crippen molar-refractivity contribution in [2.45, 2.75) is 251 Å². The Balaban J connectivity index is 4.79. The van der Waals surface area contributed by atoms with E-state index >= 15 is 0 Å². The summed E-state index contributed by atoms with van der Waals surface area (Å²) in [6.45, 7) is 4.34. The summed E-state index contributed by atoms with van der Waals surface area (Å²) >= 11 is 0. The van der Waals surface area contributed by atoms with Crippen molar-refractivity contribution < 1.29 is 52.2 Å². The molecular weight excluding hydrogens is 1000 g/mol. The highest BCUT2D eigenvalue weighted by Gasteiger charge is 2.28. The highest BCUT2D eigenvalue weighted by molar-refractivity contribution is 7.47. The molecule has 12 heteroatoms. The van der Waals surface area contributed by atoms with Gasteiger partial charge in [-0.1, -0.05) is 232 Å². The minimum Gasteiger partial charge on any atom is -0.462 e. The van der Waals surface area contributed by atoms with Crippen molar-refractivity contribution in [1.82, 2.24) is 0 Å². The Morgan fingerprint density at radius 1 is 0.372 bits per heavy atom. The van der Waals surface area contributed by atoms with Gasteiger partial charge in [0.1, 0.15) is 12.7 Å². The first-order valence-electron chi connectivity index (χ1n) is 30.4.